The van der Waals surface area contributed by atoms with Crippen LogP contribution < -0.4 is 36.2 Å². The van der Waals surface area contributed by atoms with Gasteiger partial charge in [-0.05, 0) is 188 Å². The number of piperidine rings is 4. The first-order valence-electron chi connectivity index (χ1n) is 42.4. The minimum atomic E-state index is -0.918. The number of hydrogen-bond acceptors (Lipinski definition) is 29. The predicted octanol–water partition coefficient (Wildman–Crippen LogP) is 11.6. The van der Waals surface area contributed by atoms with Crippen LogP contribution in [0.1, 0.15) is 286 Å². The van der Waals surface area contributed by atoms with Gasteiger partial charge in [-0.15, -0.1) is 24.0 Å². The van der Waals surface area contributed by atoms with E-state index in [0.29, 0.717) is 90.9 Å². The Morgan fingerprint density at radius 3 is 1.19 bits per heavy atom. The molecule has 37 nitrogen and oxygen atoms in total. The number of carbonyl (C=O) groups excluding carboxylic acids is 11. The first-order valence-corrected chi connectivity index (χ1v) is 42.4. The molecule has 15 rings (SSSR count). The number of aldehydes is 3. The summed E-state index contributed by atoms with van der Waals surface area (Å²) < 4.78 is 25.8. The van der Waals surface area contributed by atoms with Crippen molar-refractivity contribution in [3.8, 4) is 23.0 Å². The number of halogens is 1. The molecule has 6 aromatic heterocycles. The van der Waals surface area contributed by atoms with Crippen LogP contribution in [0.4, 0.5) is 0 Å². The van der Waals surface area contributed by atoms with Crippen molar-refractivity contribution in [2.75, 3.05) is 66.5 Å². The van der Waals surface area contributed by atoms with Crippen molar-refractivity contribution in [3.05, 3.63) is 107 Å². The van der Waals surface area contributed by atoms with Crippen molar-refractivity contribution in [3.63, 3.8) is 0 Å². The molecule has 0 radical (unpaired) electrons. The molecule has 2 aromatic carbocycles. The monoisotopic (exact) mass is 2060 g/mol. The zero-order valence-electron chi connectivity index (χ0n) is 78.8. The molecule has 9 N–H and O–H groups in total. The number of carbonyl (C=O) groups is 12. The van der Waals surface area contributed by atoms with Crippen LogP contribution in [0.15, 0.2) is 78.7 Å². The summed E-state index contributed by atoms with van der Waals surface area (Å²) in [6.45, 7) is 47.2. The van der Waals surface area contributed by atoms with E-state index >= 15 is 0 Å². The van der Waals surface area contributed by atoms with Crippen molar-refractivity contribution in [2.45, 2.75) is 273 Å². The molecule has 13 heterocycles. The van der Waals surface area contributed by atoms with Crippen LogP contribution in [-0.2, 0) is 50.9 Å². The molecule has 7 aliphatic heterocycles. The average Bonchev–Trinajstić information content (AvgIpc) is 1.59. The van der Waals surface area contributed by atoms with Gasteiger partial charge >= 0.3 is 5.97 Å². The van der Waals surface area contributed by atoms with Crippen LogP contribution in [0.25, 0.3) is 21.8 Å². The van der Waals surface area contributed by atoms with Gasteiger partial charge in [0.25, 0.3) is 5.91 Å². The summed E-state index contributed by atoms with van der Waals surface area (Å²) in [5, 5.41) is 57.5. The molecule has 0 saturated carbocycles. The van der Waals surface area contributed by atoms with E-state index in [9.17, 15) is 48.3 Å². The number of nitrogens with one attached hydrogen (secondary N) is 5. The van der Waals surface area contributed by atoms with E-state index in [0.717, 1.165) is 99.6 Å². The molecule has 3 spiro atoms. The fourth-order valence-corrected chi connectivity index (χ4v) is 13.2. The Morgan fingerprint density at radius 1 is 0.523 bits per heavy atom. The molecule has 130 heavy (non-hydrogen) atoms. The SMILES string of the molecule is C.CC(=O)/C=N/NC(C)(C)C.CC(=O)C=O.CC(=O)c1nn(C(C)(C)C)cc1O.CC(C)(C)NN.CC(C)(C)n1cc2c(n1)C(=O)CC1(CCN(C(=O)c3ccc4[nH]ncc4c3)CC1)O2.CC(C)(C)n1cc2c(n1)C(=O)CC1(CCNCC1)O2.CN1CCC(=O)CC1.CN1CCC2(CC1)CC(=O)c1nn(C(C)(C)C)cc1O2.I.O=C(O)c1ccc2[nH]ncc2c1.O=CC=O.[Sm]. The van der Waals surface area contributed by atoms with Gasteiger partial charge in [-0.2, -0.15) is 35.7 Å². The molecule has 0 atom stereocenters. The second-order valence-corrected chi connectivity index (χ2v) is 38.5. The van der Waals surface area contributed by atoms with Crippen molar-refractivity contribution < 1.29 is 122 Å². The molecule has 0 aliphatic carbocycles. The largest absolute Gasteiger partial charge is 0.504 e. The Morgan fingerprint density at radius 2 is 0.877 bits per heavy atom. The number of carboxylic acids is 1. The van der Waals surface area contributed by atoms with E-state index in [4.69, 9.17) is 39.5 Å². The first kappa shape index (κ1) is 115. The summed E-state index contributed by atoms with van der Waals surface area (Å²) >= 11 is 0. The van der Waals surface area contributed by atoms with Crippen LogP contribution in [0, 0.1) is 40.4 Å². The number of hydrazine groups is 1. The van der Waals surface area contributed by atoms with E-state index < -0.39 is 17.4 Å². The Balaban J connectivity index is 0.000000392. The number of hydrogen-bond donors (Lipinski definition) is 8. The number of aromatic hydroxyl groups is 1. The van der Waals surface area contributed by atoms with Gasteiger partial charge in [0, 0.05) is 179 Å². The van der Waals surface area contributed by atoms with Gasteiger partial charge in [0.05, 0.1) is 101 Å². The van der Waals surface area contributed by atoms with E-state index in [-0.39, 0.29) is 187 Å². The molecule has 8 aromatic rings. The number of H-pyrrole nitrogens is 2. The fraction of sp³-hybridized carbons (Fsp3) is 0.571. The maximum Gasteiger partial charge on any atom is 0.335 e. The molecule has 716 valence electrons. The number of nitrogens with two attached hydrogens (primary N) is 1. The zero-order chi connectivity index (χ0) is 95.2. The second kappa shape index (κ2) is 49.2. The number of hydrazone groups is 1. The van der Waals surface area contributed by atoms with Gasteiger partial charge in [-0.25, -0.2) is 4.79 Å². The van der Waals surface area contributed by atoms with Crippen LogP contribution in [0.3, 0.4) is 0 Å². The number of aromatic amines is 2. The first-order chi connectivity index (χ1) is 59.0. The smallest absolute Gasteiger partial charge is 0.335 e. The van der Waals surface area contributed by atoms with Crippen LogP contribution in [-0.4, -0.2) is 256 Å². The number of benzene rings is 2. The topological polar surface area (TPSA) is 486 Å². The summed E-state index contributed by atoms with van der Waals surface area (Å²) in [5.41, 5.74) is 7.78. The number of amides is 1. The van der Waals surface area contributed by atoms with Crippen LogP contribution >= 0.6 is 24.0 Å². The third-order valence-electron chi connectivity index (χ3n) is 20.6. The number of nitrogens with zero attached hydrogens (tertiary/aromatic N) is 14. The summed E-state index contributed by atoms with van der Waals surface area (Å²) in [6, 6.07) is 10.4. The predicted molar refractivity (Wildman–Crippen MR) is 502 cm³/mol. The number of carboxylic acid groups (broad SMARTS) is 1. The van der Waals surface area contributed by atoms with Gasteiger partial charge in [0.1, 0.15) is 22.6 Å². The minimum Gasteiger partial charge on any atom is -0.504 e. The number of likely N-dealkylation sites (tertiary alicyclic amines) is 3. The Bertz CT molecular complexity index is 5150. The standard InChI is InChI=1S/C22H25N5O3.C15H23N3O2.C14H21N3O2.C9H14N2O2.C8H6N2O2.C7H14N2O.C6H11NO.C4H12N2.C3H4O2.C2H2O2.CH4.HI.Sm/c1-21(2,3)27-13-18-19(25-27)17(28)11-22(30-18)6-8-26(9-7-22)20(29)14-4-5-16-15(10-14)12-23-24-16;1-14(2,3)18-10-12-13(16-18)11(19)9-15(20-12)5-7-17(4)8-6-15;1-13(2,3)17-9-11-12(16-17)10(18)8-14(19-11)4-6-15-7-5-14;1-6(12)8-7(13)5-11(10-8)9(2,3)4;11-8(12)5-1-2-7-6(3-5)4-9-10-7;1-6(10)5-8-9-7(2,3)4;1-7-4-2-6(8)3-5-7;1-4(2,3)6-5;1-3(5)2-4;3-1-2-4;;;/h4-5,10,12-13H,6-9,11H2,1-3H3,(H,23,24);10H,5-9H2,1-4H3;9,15H,4-8H2,1-3H3;5,13H,1-4H3;1-4H,(H,9,10)(H,11,12);5,9H,1-4H3;2-5H2,1H3;6H,5H2,1-3H3;2H,1H3;1-2H;1H4;1H;/b;;;;;8-5+;;;;;;;. The van der Waals surface area contributed by atoms with Crippen LogP contribution in [0.5, 0.6) is 23.0 Å². The molecule has 7 aliphatic rings. The zero-order valence-corrected chi connectivity index (χ0v) is 83.8. The molecular formula is C91H137IN20O17Sm. The number of ether oxygens (including phenoxy) is 3. The molecular weight excluding hydrogens is 1920 g/mol. The van der Waals surface area contributed by atoms with Gasteiger partial charge in [0.15, 0.2) is 99.3 Å². The normalized spacial score (nSPS) is 16.5. The fourth-order valence-electron chi connectivity index (χ4n) is 13.2. The van der Waals surface area contributed by atoms with Gasteiger partial charge < -0.3 is 49.9 Å². The molecule has 39 heteroatoms. The third kappa shape index (κ3) is 35.2. The van der Waals surface area contributed by atoms with Gasteiger partial charge in [-0.1, -0.05) is 7.43 Å². The Labute approximate surface area is 811 Å². The van der Waals surface area contributed by atoms with Gasteiger partial charge in [0.2, 0.25) is 0 Å². The van der Waals surface area contributed by atoms with Crippen molar-refractivity contribution in [2.24, 2.45) is 10.9 Å². The number of aromatic carboxylic acids is 1. The Hall–Kier alpha value is -9.60. The maximum absolute atomic E-state index is 13.0. The van der Waals surface area contributed by atoms with Gasteiger partial charge in [-0.3, -0.25) is 92.9 Å². The van der Waals surface area contributed by atoms with E-state index in [1.54, 1.807) is 40.0 Å². The average molecular weight is 2060 g/mol. The molecule has 1 amide bonds. The number of ketones is 7. The minimum absolute atomic E-state index is 0. The molecule has 4 fully saturated rings. The van der Waals surface area contributed by atoms with Crippen molar-refractivity contribution in [1.29, 1.82) is 0 Å². The number of aromatic nitrogens is 12. The van der Waals surface area contributed by atoms with Crippen molar-refractivity contribution >= 4 is 123 Å². The Kier molecular flexibility index (Phi) is 43.4. The number of Topliss-reactive ketones (excluding diaryl/α,β-unsaturated/α-hetero) is 7. The van der Waals surface area contributed by atoms with E-state index in [2.05, 4.69) is 120 Å². The number of fused-ring (bicyclic) bond motifs is 5. The summed E-state index contributed by atoms with van der Waals surface area (Å²) in [6.07, 6.45) is 19.9. The summed E-state index contributed by atoms with van der Waals surface area (Å²) in [7, 11) is 4.16. The summed E-state index contributed by atoms with van der Waals surface area (Å²) in [5.74, 6) is 5.96. The quantitative estimate of drug-likeness (QED) is 0.0140. The molecule has 0 unspecified atom stereocenters. The van der Waals surface area contributed by atoms with E-state index in [1.165, 1.54) is 33.2 Å². The maximum atomic E-state index is 13.0. The van der Waals surface area contributed by atoms with E-state index in [1.807, 2.05) is 141 Å². The molecule has 0 bridgehead atoms. The van der Waals surface area contributed by atoms with Crippen LogP contribution in [0.2, 0.25) is 0 Å². The second-order valence-electron chi connectivity index (χ2n) is 38.5. The number of rotatable bonds is 7. The molecule has 4 saturated heterocycles. The summed E-state index contributed by atoms with van der Waals surface area (Å²) in [4.78, 5) is 135. The van der Waals surface area contributed by atoms with Crippen molar-refractivity contribution in [1.82, 2.24) is 90.4 Å². The third-order valence-corrected chi connectivity index (χ3v) is 20.6.